The maximum atomic E-state index is 12.0. The molecule has 1 aromatic heterocycles. The highest BCUT2D eigenvalue weighted by Crippen LogP contribution is 2.26. The molecule has 0 bridgehead atoms. The first-order chi connectivity index (χ1) is 8.99. The molecule has 0 aliphatic heterocycles. The van der Waals surface area contributed by atoms with Gasteiger partial charge in [-0.2, -0.15) is 0 Å². The summed E-state index contributed by atoms with van der Waals surface area (Å²) in [7, 11) is 0. The van der Waals surface area contributed by atoms with Crippen molar-refractivity contribution >= 4 is 29.1 Å². The molecule has 1 aromatic carbocycles. The van der Waals surface area contributed by atoms with Crippen LogP contribution in [0.5, 0.6) is 0 Å². The summed E-state index contributed by atoms with van der Waals surface area (Å²) in [5.41, 5.74) is 1.34. The summed E-state index contributed by atoms with van der Waals surface area (Å²) in [5.74, 6) is 0.400. The van der Waals surface area contributed by atoms with Crippen LogP contribution in [0.3, 0.4) is 0 Å². The molecule has 3 nitrogen and oxygen atoms in total. The van der Waals surface area contributed by atoms with E-state index in [9.17, 15) is 4.79 Å². The highest BCUT2D eigenvalue weighted by Gasteiger charge is 2.16. The molecule has 1 N–H and O–H groups in total. The Balaban J connectivity index is 2.15. The number of amides is 1. The number of aryl methyl sites for hydroxylation is 1. The highest BCUT2D eigenvalue weighted by atomic mass is 35.5. The van der Waals surface area contributed by atoms with Gasteiger partial charge in [-0.1, -0.05) is 29.3 Å². The zero-order chi connectivity index (χ0) is 14.0. The third kappa shape index (κ3) is 3.11. The minimum Gasteiger partial charge on any atom is -0.469 e. The van der Waals surface area contributed by atoms with Crippen LogP contribution in [0, 0.1) is 6.92 Å². The summed E-state index contributed by atoms with van der Waals surface area (Å²) in [6.45, 7) is 3.61. The summed E-state index contributed by atoms with van der Waals surface area (Å²) in [6, 6.07) is 6.63. The number of benzene rings is 1. The molecule has 1 unspecified atom stereocenters. The van der Waals surface area contributed by atoms with E-state index in [1.54, 1.807) is 31.2 Å². The first kappa shape index (κ1) is 14.0. The van der Waals surface area contributed by atoms with Crippen LogP contribution in [0.2, 0.25) is 10.0 Å². The topological polar surface area (TPSA) is 42.2 Å². The number of nitrogens with one attached hydrogen (secondary N) is 1. The summed E-state index contributed by atoms with van der Waals surface area (Å²) < 4.78 is 5.11. The lowest BCUT2D eigenvalue weighted by Gasteiger charge is -2.15. The molecule has 1 heterocycles. The van der Waals surface area contributed by atoms with Crippen molar-refractivity contribution in [1.29, 1.82) is 0 Å². The molecule has 0 fully saturated rings. The van der Waals surface area contributed by atoms with Crippen LogP contribution >= 0.6 is 23.2 Å². The predicted molar refractivity (Wildman–Crippen MR) is 75.8 cm³/mol. The van der Waals surface area contributed by atoms with E-state index in [-0.39, 0.29) is 11.9 Å². The molecule has 1 atom stereocenters. The van der Waals surface area contributed by atoms with Gasteiger partial charge in [0.2, 0.25) is 0 Å². The summed E-state index contributed by atoms with van der Waals surface area (Å²) in [6.07, 6.45) is 1.49. The van der Waals surface area contributed by atoms with E-state index >= 15 is 0 Å². The third-order valence-corrected chi connectivity index (χ3v) is 3.44. The van der Waals surface area contributed by atoms with Crippen LogP contribution in [-0.4, -0.2) is 5.91 Å². The fourth-order valence-electron chi connectivity index (χ4n) is 1.83. The van der Waals surface area contributed by atoms with Crippen molar-refractivity contribution in [1.82, 2.24) is 5.32 Å². The number of carbonyl (C=O) groups excluding carboxylic acids is 1. The molecule has 1 amide bonds. The fourth-order valence-corrected chi connectivity index (χ4v) is 2.40. The van der Waals surface area contributed by atoms with Gasteiger partial charge < -0.3 is 9.73 Å². The van der Waals surface area contributed by atoms with E-state index in [2.05, 4.69) is 5.32 Å². The number of furan rings is 1. The van der Waals surface area contributed by atoms with Crippen molar-refractivity contribution in [2.45, 2.75) is 19.9 Å². The molecule has 2 rings (SSSR count). The molecule has 19 heavy (non-hydrogen) atoms. The minimum atomic E-state index is -0.216. The highest BCUT2D eigenvalue weighted by molar-refractivity contribution is 6.35. The van der Waals surface area contributed by atoms with Crippen molar-refractivity contribution in [3.8, 4) is 0 Å². The zero-order valence-electron chi connectivity index (χ0n) is 10.5. The van der Waals surface area contributed by atoms with Gasteiger partial charge in [-0.3, -0.25) is 4.79 Å². The average Bonchev–Trinajstić information content (AvgIpc) is 2.75. The molecule has 0 saturated heterocycles. The Bertz CT molecular complexity index is 607. The molecular formula is C14H13Cl2NO2. The Hall–Kier alpha value is -1.45. The van der Waals surface area contributed by atoms with Gasteiger partial charge in [-0.15, -0.1) is 0 Å². The minimum absolute atomic E-state index is 0.190. The number of hydrogen-bond donors (Lipinski definition) is 1. The lowest BCUT2D eigenvalue weighted by molar-refractivity contribution is 0.0938. The zero-order valence-corrected chi connectivity index (χ0v) is 12.0. The lowest BCUT2D eigenvalue weighted by atomic mass is 10.1. The van der Waals surface area contributed by atoms with Gasteiger partial charge in [0.1, 0.15) is 5.76 Å². The van der Waals surface area contributed by atoms with Crippen LogP contribution < -0.4 is 5.32 Å². The van der Waals surface area contributed by atoms with Crippen LogP contribution in [0.25, 0.3) is 0 Å². The predicted octanol–water partition coefficient (Wildman–Crippen LogP) is 4.39. The van der Waals surface area contributed by atoms with Gasteiger partial charge in [0.25, 0.3) is 5.91 Å². The van der Waals surface area contributed by atoms with Gasteiger partial charge in [-0.25, -0.2) is 0 Å². The Morgan fingerprint density at radius 3 is 2.63 bits per heavy atom. The number of halogens is 2. The fraction of sp³-hybridized carbons (Fsp3) is 0.214. The van der Waals surface area contributed by atoms with Crippen LogP contribution in [-0.2, 0) is 0 Å². The Morgan fingerprint density at radius 2 is 2.05 bits per heavy atom. The second kappa shape index (κ2) is 5.68. The molecule has 0 aliphatic carbocycles. The third-order valence-electron chi connectivity index (χ3n) is 2.88. The maximum Gasteiger partial charge on any atom is 0.255 e. The smallest absolute Gasteiger partial charge is 0.255 e. The first-order valence-electron chi connectivity index (χ1n) is 5.79. The Labute approximate surface area is 121 Å². The van der Waals surface area contributed by atoms with Crippen molar-refractivity contribution < 1.29 is 9.21 Å². The molecular weight excluding hydrogens is 285 g/mol. The SMILES string of the molecule is Cc1occc1C(=O)NC(C)c1ccc(Cl)cc1Cl. The maximum absolute atomic E-state index is 12.0. The van der Waals surface area contributed by atoms with E-state index in [4.69, 9.17) is 27.6 Å². The van der Waals surface area contributed by atoms with E-state index < -0.39 is 0 Å². The van der Waals surface area contributed by atoms with Gasteiger partial charge in [-0.05, 0) is 37.6 Å². The van der Waals surface area contributed by atoms with Crippen LogP contribution in [0.4, 0.5) is 0 Å². The van der Waals surface area contributed by atoms with E-state index in [1.165, 1.54) is 6.26 Å². The molecule has 0 radical (unpaired) electrons. The van der Waals surface area contributed by atoms with Crippen molar-refractivity contribution in [3.05, 3.63) is 57.5 Å². The second-order valence-corrected chi connectivity index (χ2v) is 5.10. The van der Waals surface area contributed by atoms with Gasteiger partial charge in [0.05, 0.1) is 17.9 Å². The number of carbonyl (C=O) groups is 1. The number of rotatable bonds is 3. The molecule has 2 aromatic rings. The Kier molecular flexibility index (Phi) is 4.17. The molecule has 0 saturated carbocycles. The van der Waals surface area contributed by atoms with Gasteiger partial charge >= 0.3 is 0 Å². The standard InChI is InChI=1S/C14H13Cl2NO2/c1-8(11-4-3-10(15)7-13(11)16)17-14(18)12-5-6-19-9(12)2/h3-8H,1-2H3,(H,17,18). The van der Waals surface area contributed by atoms with Crippen LogP contribution in [0.1, 0.15) is 34.6 Å². The van der Waals surface area contributed by atoms with E-state index in [0.717, 1.165) is 5.56 Å². The van der Waals surface area contributed by atoms with Gasteiger partial charge in [0, 0.05) is 10.0 Å². The molecule has 0 aliphatic rings. The molecule has 5 heteroatoms. The average molecular weight is 298 g/mol. The normalized spacial score (nSPS) is 12.2. The summed E-state index contributed by atoms with van der Waals surface area (Å²) >= 11 is 12.0. The van der Waals surface area contributed by atoms with Crippen molar-refractivity contribution in [2.24, 2.45) is 0 Å². The lowest BCUT2D eigenvalue weighted by Crippen LogP contribution is -2.27. The van der Waals surface area contributed by atoms with E-state index in [0.29, 0.717) is 21.4 Å². The van der Waals surface area contributed by atoms with Crippen molar-refractivity contribution in [3.63, 3.8) is 0 Å². The quantitative estimate of drug-likeness (QED) is 0.913. The second-order valence-electron chi connectivity index (χ2n) is 4.25. The van der Waals surface area contributed by atoms with E-state index in [1.807, 2.05) is 6.92 Å². The monoisotopic (exact) mass is 297 g/mol. The van der Waals surface area contributed by atoms with Gasteiger partial charge in [0.15, 0.2) is 0 Å². The Morgan fingerprint density at radius 1 is 1.32 bits per heavy atom. The van der Waals surface area contributed by atoms with Crippen molar-refractivity contribution in [2.75, 3.05) is 0 Å². The summed E-state index contributed by atoms with van der Waals surface area (Å²) in [4.78, 5) is 12.0. The molecule has 0 spiro atoms. The summed E-state index contributed by atoms with van der Waals surface area (Å²) in [5, 5.41) is 3.97. The first-order valence-corrected chi connectivity index (χ1v) is 6.54. The number of hydrogen-bond acceptors (Lipinski definition) is 2. The molecule has 100 valence electrons. The largest absolute Gasteiger partial charge is 0.469 e. The van der Waals surface area contributed by atoms with Crippen LogP contribution in [0.15, 0.2) is 34.9 Å².